The van der Waals surface area contributed by atoms with Crippen molar-refractivity contribution in [2.24, 2.45) is 0 Å². The molecule has 0 atom stereocenters. The monoisotopic (exact) mass is 484 g/mol. The minimum absolute atomic E-state index is 0.276. The summed E-state index contributed by atoms with van der Waals surface area (Å²) in [6.45, 7) is 0. The summed E-state index contributed by atoms with van der Waals surface area (Å²) in [5.41, 5.74) is 0. The van der Waals surface area contributed by atoms with Crippen molar-refractivity contribution < 1.29 is 24.6 Å². The van der Waals surface area contributed by atoms with E-state index in [1.165, 1.54) is 3.07 Å². The Morgan fingerprint density at radius 3 is 2.18 bits per heavy atom. The third-order valence-electron chi connectivity index (χ3n) is 1.25. The summed E-state index contributed by atoms with van der Waals surface area (Å²) in [5, 5.41) is 0. The topological polar surface area (TPSA) is 0 Å². The van der Waals surface area contributed by atoms with Crippen LogP contribution in [0.25, 0.3) is 0 Å². The molecule has 1 rings (SSSR count). The van der Waals surface area contributed by atoms with Crippen LogP contribution in [-0.4, -0.2) is 0.201 Å². The minimum atomic E-state index is -1.21. The number of hydrogen-bond donors (Lipinski definition) is 0. The Hall–Kier alpha value is 1.41. The Kier molecular flexibility index (Phi) is 4.37. The van der Waals surface area contributed by atoms with E-state index in [0.717, 1.165) is 0 Å². The van der Waals surface area contributed by atoms with Crippen molar-refractivity contribution in [3.05, 3.63) is 30.3 Å². The van der Waals surface area contributed by atoms with E-state index in [2.05, 4.69) is 56.1 Å². The van der Waals surface area contributed by atoms with Gasteiger partial charge in [0.1, 0.15) is 0 Å². The van der Waals surface area contributed by atoms with E-state index in [0.29, 0.717) is 0 Å². The van der Waals surface area contributed by atoms with Gasteiger partial charge < -0.3 is 0 Å². The number of halogens is 3. The second-order valence-electron chi connectivity index (χ2n) is 2.28. The summed E-state index contributed by atoms with van der Waals surface area (Å²) in [7, 11) is 0. The van der Waals surface area contributed by atoms with Crippen molar-refractivity contribution >= 4 is 46.5 Å². The van der Waals surface area contributed by atoms with Crippen LogP contribution in [0.5, 0.6) is 0 Å². The van der Waals surface area contributed by atoms with Crippen LogP contribution in [-0.2, 0) is 24.6 Å². The fourth-order valence-corrected chi connectivity index (χ4v) is 11.6. The van der Waals surface area contributed by atoms with Gasteiger partial charge in [-0.1, -0.05) is 0 Å². The number of benzene rings is 1. The van der Waals surface area contributed by atoms with Gasteiger partial charge in [0.05, 0.1) is 0 Å². The van der Waals surface area contributed by atoms with E-state index in [4.69, 9.17) is 11.6 Å². The molecular weight excluding hydrogens is 480 g/mol. The van der Waals surface area contributed by atoms with Gasteiger partial charge in [-0.05, 0) is 0 Å². The second kappa shape index (κ2) is 4.59. The average molecular weight is 485 g/mol. The van der Waals surface area contributed by atoms with Gasteiger partial charge in [-0.25, -0.2) is 0 Å². The Bertz CT molecular complexity index is 220. The van der Waals surface area contributed by atoms with Crippen LogP contribution in [0.1, 0.15) is 0 Å². The van der Waals surface area contributed by atoms with Crippen LogP contribution in [0.15, 0.2) is 30.3 Å². The van der Waals surface area contributed by atoms with E-state index in [9.17, 15) is 0 Å². The van der Waals surface area contributed by atoms with Gasteiger partial charge in [0, 0.05) is 0 Å². The van der Waals surface area contributed by atoms with Crippen molar-refractivity contribution in [2.45, 2.75) is 0.201 Å². The van der Waals surface area contributed by atoms with Crippen molar-refractivity contribution in [1.82, 2.24) is 0 Å². The average Bonchev–Trinajstić information content (AvgIpc) is 1.85. The predicted molar refractivity (Wildman–Crippen MR) is 52.5 cm³/mol. The molecule has 0 aromatic heterocycles. The molecule has 0 aliphatic carbocycles. The maximum atomic E-state index is 6.00. The summed E-state index contributed by atoms with van der Waals surface area (Å²) in [5.74, 6) is 0. The molecule has 0 spiro atoms. The zero-order chi connectivity index (χ0) is 8.32. The molecule has 1 aromatic carbocycles. The number of alkyl halides is 3. The van der Waals surface area contributed by atoms with Crippen LogP contribution in [0.4, 0.5) is 0 Å². The van der Waals surface area contributed by atoms with Crippen molar-refractivity contribution in [1.29, 1.82) is 0 Å². The van der Waals surface area contributed by atoms with Crippen molar-refractivity contribution in [3.8, 4) is 0 Å². The van der Waals surface area contributed by atoms with E-state index in [-0.39, 0.29) is 0.201 Å². The van der Waals surface area contributed by atoms with Crippen LogP contribution in [0.2, 0.25) is 0 Å². The molecule has 4 heteroatoms. The summed E-state index contributed by atoms with van der Waals surface area (Å²) < 4.78 is 1.15. The summed E-state index contributed by atoms with van der Waals surface area (Å²) in [6.07, 6.45) is 0. The number of rotatable bonds is 2. The van der Waals surface area contributed by atoms with Gasteiger partial charge in [-0.3, -0.25) is 0 Å². The molecule has 56 valence electrons. The van der Waals surface area contributed by atoms with E-state index >= 15 is 0 Å². The molecule has 0 bridgehead atoms. The van der Waals surface area contributed by atoms with Crippen LogP contribution < -0.4 is 3.07 Å². The SMILES string of the molecule is Cl[C](Br)(Br)[Hg][c]1ccccc1. The first-order valence-electron chi connectivity index (χ1n) is 3.18. The molecule has 0 aliphatic rings. The standard InChI is InChI=1S/C6H5.CBr2Cl.Hg/c1-2-4-6-5-3-1;2-1(3)4;/h1-5H;;. The van der Waals surface area contributed by atoms with Gasteiger partial charge in [0.25, 0.3) is 0 Å². The maximum absolute atomic E-state index is 6.00. The predicted octanol–water partition coefficient (Wildman–Crippen LogP) is 3.03. The molecule has 0 fully saturated rings. The van der Waals surface area contributed by atoms with Crippen LogP contribution in [0.3, 0.4) is 0 Å². The fourth-order valence-electron chi connectivity index (χ4n) is 0.827. The summed E-state index contributed by atoms with van der Waals surface area (Å²) in [6, 6.07) is 10.4. The Labute approximate surface area is 100 Å². The zero-order valence-corrected chi connectivity index (χ0v) is 15.2. The summed E-state index contributed by atoms with van der Waals surface area (Å²) >= 11 is 11.6. The molecule has 0 radical (unpaired) electrons. The molecular formula is C7H5Br2ClHg. The molecule has 0 saturated carbocycles. The third-order valence-corrected chi connectivity index (χ3v) is 12.3. The third kappa shape index (κ3) is 4.86. The molecule has 0 N–H and O–H groups in total. The van der Waals surface area contributed by atoms with Gasteiger partial charge in [0.2, 0.25) is 0 Å². The van der Waals surface area contributed by atoms with Crippen LogP contribution >= 0.6 is 43.5 Å². The summed E-state index contributed by atoms with van der Waals surface area (Å²) in [4.78, 5) is 0. The van der Waals surface area contributed by atoms with Gasteiger partial charge in [-0.15, -0.1) is 0 Å². The molecule has 11 heavy (non-hydrogen) atoms. The first kappa shape index (κ1) is 10.5. The molecule has 0 aliphatic heterocycles. The fraction of sp³-hybridized carbons (Fsp3) is 0.143. The number of hydrogen-bond acceptors (Lipinski definition) is 0. The van der Waals surface area contributed by atoms with E-state index in [1.807, 2.05) is 6.07 Å². The second-order valence-corrected chi connectivity index (χ2v) is 26.1. The van der Waals surface area contributed by atoms with Crippen molar-refractivity contribution in [3.63, 3.8) is 0 Å². The van der Waals surface area contributed by atoms with E-state index in [1.54, 1.807) is 0 Å². The first-order chi connectivity index (χ1) is 5.08. The quantitative estimate of drug-likeness (QED) is 0.447. The molecule has 0 heterocycles. The van der Waals surface area contributed by atoms with Gasteiger partial charge in [-0.2, -0.15) is 0 Å². The Morgan fingerprint density at radius 1 is 1.18 bits per heavy atom. The molecule has 1 aromatic rings. The van der Waals surface area contributed by atoms with Crippen molar-refractivity contribution in [2.75, 3.05) is 0 Å². The molecule has 0 saturated heterocycles. The first-order valence-corrected chi connectivity index (χ1v) is 10.6. The van der Waals surface area contributed by atoms with E-state index < -0.39 is 24.6 Å². The zero-order valence-electron chi connectivity index (χ0n) is 5.73. The van der Waals surface area contributed by atoms with Gasteiger partial charge >= 0.3 is 102 Å². The normalized spacial score (nSPS) is 10.8. The molecule has 0 amide bonds. The molecule has 0 unspecified atom stereocenters. The van der Waals surface area contributed by atoms with Gasteiger partial charge in [0.15, 0.2) is 0 Å². The Morgan fingerprint density at radius 2 is 1.73 bits per heavy atom. The van der Waals surface area contributed by atoms with Crippen LogP contribution in [0, 0.1) is 0 Å². The molecule has 0 nitrogen and oxygen atoms in total. The Balaban J connectivity index is 2.66.